The zero-order valence-electron chi connectivity index (χ0n) is 10.8. The second kappa shape index (κ2) is 5.00. The Morgan fingerprint density at radius 3 is 3.06 bits per heavy atom. The van der Waals surface area contributed by atoms with E-state index in [9.17, 15) is 0 Å². The molecule has 2 nitrogen and oxygen atoms in total. The summed E-state index contributed by atoms with van der Waals surface area (Å²) in [6, 6.07) is 9.01. The molecule has 1 fully saturated rings. The first-order valence-corrected chi connectivity index (χ1v) is 7.55. The van der Waals surface area contributed by atoms with E-state index in [4.69, 9.17) is 5.73 Å². The highest BCUT2D eigenvalue weighted by Gasteiger charge is 2.23. The summed E-state index contributed by atoms with van der Waals surface area (Å²) >= 11 is 1.85. The van der Waals surface area contributed by atoms with Gasteiger partial charge in [0, 0.05) is 23.8 Å². The van der Waals surface area contributed by atoms with E-state index in [1.165, 1.54) is 28.6 Å². The van der Waals surface area contributed by atoms with Gasteiger partial charge in [0.25, 0.3) is 0 Å². The van der Waals surface area contributed by atoms with Crippen LogP contribution in [-0.4, -0.2) is 24.0 Å². The molecule has 2 heterocycles. The van der Waals surface area contributed by atoms with Crippen molar-refractivity contribution in [3.05, 3.63) is 35.2 Å². The van der Waals surface area contributed by atoms with Crippen molar-refractivity contribution >= 4 is 21.4 Å². The first kappa shape index (κ1) is 12.2. The second-order valence-corrected chi connectivity index (χ2v) is 6.33. The van der Waals surface area contributed by atoms with Crippen molar-refractivity contribution in [3.8, 4) is 0 Å². The quantitative estimate of drug-likeness (QED) is 0.899. The number of fused-ring (bicyclic) bond motifs is 1. The summed E-state index contributed by atoms with van der Waals surface area (Å²) in [6.07, 6.45) is 1.23. The fourth-order valence-electron chi connectivity index (χ4n) is 2.71. The third-order valence-corrected chi connectivity index (χ3v) is 5.07. The van der Waals surface area contributed by atoms with E-state index in [0.717, 1.165) is 13.1 Å². The summed E-state index contributed by atoms with van der Waals surface area (Å²) in [5, 5.41) is 3.71. The van der Waals surface area contributed by atoms with Crippen molar-refractivity contribution < 1.29 is 0 Å². The first-order valence-electron chi connectivity index (χ1n) is 6.67. The Bertz CT molecular complexity index is 534. The van der Waals surface area contributed by atoms with Crippen molar-refractivity contribution in [2.24, 2.45) is 11.7 Å². The zero-order valence-corrected chi connectivity index (χ0v) is 11.6. The molecule has 3 heteroatoms. The average molecular weight is 260 g/mol. The molecule has 2 atom stereocenters. The molecule has 1 aliphatic heterocycles. The molecule has 2 N–H and O–H groups in total. The summed E-state index contributed by atoms with van der Waals surface area (Å²) in [6.45, 7) is 5.52. The van der Waals surface area contributed by atoms with Gasteiger partial charge in [-0.15, -0.1) is 11.3 Å². The minimum absolute atomic E-state index is 0.337. The lowest BCUT2D eigenvalue weighted by molar-refractivity contribution is 0.163. The van der Waals surface area contributed by atoms with Crippen LogP contribution in [0.1, 0.15) is 18.9 Å². The molecular formula is C15H20N2S. The molecule has 1 aliphatic rings. The predicted octanol–water partition coefficient (Wildman–Crippen LogP) is 3.07. The van der Waals surface area contributed by atoms with E-state index in [1.54, 1.807) is 0 Å². The number of nitrogens with zero attached hydrogens (tertiary/aromatic N) is 1. The van der Waals surface area contributed by atoms with Crippen LogP contribution < -0.4 is 5.73 Å². The lowest BCUT2D eigenvalue weighted by Gasteiger charge is -2.34. The second-order valence-electron chi connectivity index (χ2n) is 5.42. The number of thiophene rings is 1. The fourth-order valence-corrected chi connectivity index (χ4v) is 3.66. The molecular weight excluding hydrogens is 240 g/mol. The summed E-state index contributed by atoms with van der Waals surface area (Å²) in [5.41, 5.74) is 7.63. The van der Waals surface area contributed by atoms with Gasteiger partial charge < -0.3 is 5.73 Å². The molecule has 96 valence electrons. The number of hydrogen-bond acceptors (Lipinski definition) is 3. The Morgan fingerprint density at radius 2 is 2.22 bits per heavy atom. The van der Waals surface area contributed by atoms with Crippen molar-refractivity contribution in [2.75, 3.05) is 13.1 Å². The smallest absolute Gasteiger partial charge is 0.0346 e. The van der Waals surface area contributed by atoms with Crippen molar-refractivity contribution in [3.63, 3.8) is 0 Å². The van der Waals surface area contributed by atoms with Crippen molar-refractivity contribution in [2.45, 2.75) is 25.9 Å². The topological polar surface area (TPSA) is 29.3 Å². The van der Waals surface area contributed by atoms with Gasteiger partial charge in [0.05, 0.1) is 0 Å². The number of hydrogen-bond donors (Lipinski definition) is 1. The van der Waals surface area contributed by atoms with Crippen LogP contribution in [0.25, 0.3) is 10.1 Å². The van der Waals surface area contributed by atoms with E-state index in [-0.39, 0.29) is 0 Å². The van der Waals surface area contributed by atoms with Gasteiger partial charge >= 0.3 is 0 Å². The molecule has 1 saturated heterocycles. The third-order valence-electron chi connectivity index (χ3n) is 4.06. The van der Waals surface area contributed by atoms with Gasteiger partial charge in [0.1, 0.15) is 0 Å². The van der Waals surface area contributed by atoms with Gasteiger partial charge in [-0.2, -0.15) is 0 Å². The number of likely N-dealkylation sites (tertiary alicyclic amines) is 1. The van der Waals surface area contributed by atoms with Gasteiger partial charge in [0.15, 0.2) is 0 Å². The summed E-state index contributed by atoms with van der Waals surface area (Å²) in [4.78, 5) is 2.50. The maximum Gasteiger partial charge on any atom is 0.0346 e. The molecule has 2 unspecified atom stereocenters. The monoisotopic (exact) mass is 260 g/mol. The summed E-state index contributed by atoms with van der Waals surface area (Å²) < 4.78 is 1.39. The summed E-state index contributed by atoms with van der Waals surface area (Å²) in [5.74, 6) is 0.667. The van der Waals surface area contributed by atoms with Gasteiger partial charge in [-0.1, -0.05) is 25.1 Å². The van der Waals surface area contributed by atoms with Crippen LogP contribution in [0.3, 0.4) is 0 Å². The van der Waals surface area contributed by atoms with Gasteiger partial charge in [-0.25, -0.2) is 0 Å². The number of nitrogens with two attached hydrogens (primary N) is 1. The van der Waals surface area contributed by atoms with E-state index < -0.39 is 0 Å². The SMILES string of the molecule is CC1CCN(Cc2csc3ccccc23)CC1N. The normalized spacial score (nSPS) is 25.7. The van der Waals surface area contributed by atoms with Crippen LogP contribution in [0.5, 0.6) is 0 Å². The predicted molar refractivity (Wildman–Crippen MR) is 78.9 cm³/mol. The number of benzene rings is 1. The molecule has 18 heavy (non-hydrogen) atoms. The highest BCUT2D eigenvalue weighted by Crippen LogP contribution is 2.27. The van der Waals surface area contributed by atoms with E-state index in [0.29, 0.717) is 12.0 Å². The Morgan fingerprint density at radius 1 is 1.39 bits per heavy atom. The van der Waals surface area contributed by atoms with Gasteiger partial charge in [-0.3, -0.25) is 4.90 Å². The molecule has 0 spiro atoms. The van der Waals surface area contributed by atoms with Crippen LogP contribution in [0, 0.1) is 5.92 Å². The van der Waals surface area contributed by atoms with Crippen molar-refractivity contribution in [1.29, 1.82) is 0 Å². The van der Waals surface area contributed by atoms with Gasteiger partial charge in [-0.05, 0) is 41.3 Å². The Hall–Kier alpha value is -0.900. The first-order chi connectivity index (χ1) is 8.74. The molecule has 3 rings (SSSR count). The molecule has 0 aliphatic carbocycles. The maximum atomic E-state index is 6.17. The number of rotatable bonds is 2. The highest BCUT2D eigenvalue weighted by atomic mass is 32.1. The van der Waals surface area contributed by atoms with Crippen molar-refractivity contribution in [1.82, 2.24) is 4.90 Å². The molecule has 1 aromatic heterocycles. The van der Waals surface area contributed by atoms with E-state index in [1.807, 2.05) is 11.3 Å². The standard InChI is InChI=1S/C15H20N2S/c1-11-6-7-17(9-14(11)16)8-12-10-18-15-5-3-2-4-13(12)15/h2-5,10-11,14H,6-9,16H2,1H3. The lowest BCUT2D eigenvalue weighted by Crippen LogP contribution is -2.47. The summed E-state index contributed by atoms with van der Waals surface area (Å²) in [7, 11) is 0. The molecule has 0 amide bonds. The minimum Gasteiger partial charge on any atom is -0.326 e. The molecule has 1 aromatic carbocycles. The Labute approximate surface area is 112 Å². The van der Waals surface area contributed by atoms with Crippen LogP contribution in [0.15, 0.2) is 29.6 Å². The molecule has 0 bridgehead atoms. The Balaban J connectivity index is 1.76. The van der Waals surface area contributed by atoms with Gasteiger partial charge in [0.2, 0.25) is 0 Å². The molecule has 0 saturated carbocycles. The lowest BCUT2D eigenvalue weighted by atomic mass is 9.94. The van der Waals surface area contributed by atoms with Crippen LogP contribution in [0.4, 0.5) is 0 Å². The van der Waals surface area contributed by atoms with Crippen LogP contribution >= 0.6 is 11.3 Å². The zero-order chi connectivity index (χ0) is 12.5. The molecule has 0 radical (unpaired) electrons. The highest BCUT2D eigenvalue weighted by molar-refractivity contribution is 7.17. The van der Waals surface area contributed by atoms with E-state index in [2.05, 4.69) is 41.5 Å². The minimum atomic E-state index is 0.337. The third kappa shape index (κ3) is 2.30. The average Bonchev–Trinajstić information content (AvgIpc) is 2.78. The van der Waals surface area contributed by atoms with Crippen LogP contribution in [0.2, 0.25) is 0 Å². The van der Waals surface area contributed by atoms with Crippen LogP contribution in [-0.2, 0) is 6.54 Å². The Kier molecular flexibility index (Phi) is 3.37. The largest absolute Gasteiger partial charge is 0.326 e. The fraction of sp³-hybridized carbons (Fsp3) is 0.467. The number of piperidine rings is 1. The molecule has 2 aromatic rings. The maximum absolute atomic E-state index is 6.17. The van der Waals surface area contributed by atoms with E-state index >= 15 is 0 Å².